The molecular formula is C15H26OSi. The van der Waals surface area contributed by atoms with Gasteiger partial charge in [-0.05, 0) is 17.0 Å². The van der Waals surface area contributed by atoms with Gasteiger partial charge in [0.1, 0.15) is 8.07 Å². The first-order chi connectivity index (χ1) is 7.62. The van der Waals surface area contributed by atoms with Crippen LogP contribution < -0.4 is 0 Å². The van der Waals surface area contributed by atoms with Gasteiger partial charge in [0, 0.05) is 6.42 Å². The number of aliphatic hydroxyl groups excluding tert-OH is 1. The minimum atomic E-state index is -1.50. The molecule has 0 radical (unpaired) electrons. The summed E-state index contributed by atoms with van der Waals surface area (Å²) in [6.07, 6.45) is 2.47. The first-order valence-corrected chi connectivity index (χ1v) is 9.11. The number of aliphatic hydroxyl groups is 1. The highest BCUT2D eigenvalue weighted by molar-refractivity contribution is 6.87. The second-order valence-electron chi connectivity index (χ2n) is 6.01. The maximum absolute atomic E-state index is 9.68. The minimum absolute atomic E-state index is 0.295. The van der Waals surface area contributed by atoms with E-state index in [2.05, 4.69) is 58.5 Å². The molecule has 2 heteroatoms. The van der Waals surface area contributed by atoms with Gasteiger partial charge in [-0.25, -0.2) is 0 Å². The first kappa shape index (κ1) is 16.2. The van der Waals surface area contributed by atoms with Crippen molar-refractivity contribution in [2.75, 3.05) is 0 Å². The Kier molecular flexibility index (Phi) is 5.94. The van der Waals surface area contributed by atoms with Crippen LogP contribution >= 0.6 is 0 Å². The fourth-order valence-corrected chi connectivity index (χ4v) is 1.94. The topological polar surface area (TPSA) is 20.2 Å². The SMILES string of the molecule is C=CC(=C)C(O)CCC#C[Si](C)(C)C(C)(C)C. The molecule has 0 heterocycles. The lowest BCUT2D eigenvalue weighted by Gasteiger charge is -2.31. The van der Waals surface area contributed by atoms with E-state index in [4.69, 9.17) is 0 Å². The highest BCUT2D eigenvalue weighted by Crippen LogP contribution is 2.35. The first-order valence-electron chi connectivity index (χ1n) is 6.11. The predicted octanol–water partition coefficient (Wildman–Crippen LogP) is 3.92. The molecule has 1 atom stereocenters. The van der Waals surface area contributed by atoms with Crippen molar-refractivity contribution in [3.05, 3.63) is 24.8 Å². The third kappa shape index (κ3) is 5.39. The average molecular weight is 250 g/mol. The highest BCUT2D eigenvalue weighted by atomic mass is 28.3. The van der Waals surface area contributed by atoms with Crippen LogP contribution in [0.4, 0.5) is 0 Å². The summed E-state index contributed by atoms with van der Waals surface area (Å²) in [7, 11) is -1.50. The van der Waals surface area contributed by atoms with E-state index in [0.29, 0.717) is 17.0 Å². The Hall–Kier alpha value is -0.783. The molecular weight excluding hydrogens is 224 g/mol. The predicted molar refractivity (Wildman–Crippen MR) is 79.6 cm³/mol. The molecule has 0 saturated carbocycles. The molecule has 1 unspecified atom stereocenters. The van der Waals surface area contributed by atoms with Crippen molar-refractivity contribution in [1.29, 1.82) is 0 Å². The van der Waals surface area contributed by atoms with E-state index in [0.717, 1.165) is 6.42 Å². The third-order valence-electron chi connectivity index (χ3n) is 3.51. The van der Waals surface area contributed by atoms with Gasteiger partial charge in [-0.1, -0.05) is 53.1 Å². The van der Waals surface area contributed by atoms with Crippen molar-refractivity contribution in [3.63, 3.8) is 0 Å². The molecule has 0 aliphatic rings. The fraction of sp³-hybridized carbons (Fsp3) is 0.600. The molecule has 0 fully saturated rings. The summed E-state index contributed by atoms with van der Waals surface area (Å²) in [5, 5.41) is 9.97. The molecule has 0 amide bonds. The van der Waals surface area contributed by atoms with E-state index < -0.39 is 14.2 Å². The van der Waals surface area contributed by atoms with Gasteiger partial charge in [0.15, 0.2) is 0 Å². The van der Waals surface area contributed by atoms with Crippen LogP contribution in [0.1, 0.15) is 33.6 Å². The van der Waals surface area contributed by atoms with Crippen molar-refractivity contribution >= 4 is 8.07 Å². The quantitative estimate of drug-likeness (QED) is 0.455. The normalized spacial score (nSPS) is 13.5. The van der Waals surface area contributed by atoms with Gasteiger partial charge in [0.05, 0.1) is 6.10 Å². The molecule has 1 nitrogen and oxygen atoms in total. The monoisotopic (exact) mass is 250 g/mol. The van der Waals surface area contributed by atoms with E-state index >= 15 is 0 Å². The Morgan fingerprint density at radius 1 is 1.41 bits per heavy atom. The molecule has 0 rings (SSSR count). The molecule has 0 aliphatic heterocycles. The zero-order valence-electron chi connectivity index (χ0n) is 11.9. The molecule has 0 aromatic carbocycles. The Bertz CT molecular complexity index is 336. The molecule has 0 spiro atoms. The van der Waals surface area contributed by atoms with Gasteiger partial charge in [0.25, 0.3) is 0 Å². The van der Waals surface area contributed by atoms with Crippen LogP contribution in [0.2, 0.25) is 18.1 Å². The molecule has 96 valence electrons. The van der Waals surface area contributed by atoms with E-state index in [-0.39, 0.29) is 0 Å². The largest absolute Gasteiger partial charge is 0.388 e. The summed E-state index contributed by atoms with van der Waals surface area (Å²) < 4.78 is 0. The van der Waals surface area contributed by atoms with Crippen LogP contribution in [-0.4, -0.2) is 19.3 Å². The molecule has 0 saturated heterocycles. The number of hydrogen-bond donors (Lipinski definition) is 1. The van der Waals surface area contributed by atoms with E-state index in [1.165, 1.54) is 0 Å². The van der Waals surface area contributed by atoms with Crippen LogP contribution in [0.3, 0.4) is 0 Å². The second-order valence-corrected chi connectivity index (χ2v) is 11.0. The maximum Gasteiger partial charge on any atom is 0.137 e. The average Bonchev–Trinajstić information content (AvgIpc) is 2.21. The van der Waals surface area contributed by atoms with Crippen molar-refractivity contribution < 1.29 is 5.11 Å². The lowest BCUT2D eigenvalue weighted by atomic mass is 10.1. The van der Waals surface area contributed by atoms with E-state index in [1.807, 2.05) is 0 Å². The lowest BCUT2D eigenvalue weighted by Crippen LogP contribution is -2.35. The van der Waals surface area contributed by atoms with Crippen molar-refractivity contribution in [3.8, 4) is 11.5 Å². The van der Waals surface area contributed by atoms with Gasteiger partial charge in [0.2, 0.25) is 0 Å². The van der Waals surface area contributed by atoms with Crippen LogP contribution in [0, 0.1) is 11.5 Å². The van der Waals surface area contributed by atoms with Gasteiger partial charge >= 0.3 is 0 Å². The van der Waals surface area contributed by atoms with E-state index in [9.17, 15) is 5.11 Å². The zero-order chi connectivity index (χ0) is 13.7. The summed E-state index contributed by atoms with van der Waals surface area (Å²) in [5.74, 6) is 3.22. The Labute approximate surface area is 108 Å². The molecule has 1 N–H and O–H groups in total. The maximum atomic E-state index is 9.68. The Morgan fingerprint density at radius 3 is 2.35 bits per heavy atom. The van der Waals surface area contributed by atoms with Gasteiger partial charge in [-0.2, -0.15) is 0 Å². The zero-order valence-corrected chi connectivity index (χ0v) is 12.9. The fourth-order valence-electron chi connectivity index (χ4n) is 1.00. The standard InChI is InChI=1S/C15H26OSi/c1-8-13(2)14(16)11-9-10-12-17(6,7)15(3,4)5/h8,14,16H,1-2,9,11H2,3-7H3. The third-order valence-corrected chi connectivity index (χ3v) is 8.06. The molecule has 0 aromatic rings. The van der Waals surface area contributed by atoms with Crippen LogP contribution in [0.5, 0.6) is 0 Å². The number of rotatable bonds is 4. The summed E-state index contributed by atoms with van der Waals surface area (Å²) in [4.78, 5) is 0. The molecule has 0 aliphatic carbocycles. The van der Waals surface area contributed by atoms with Crippen LogP contribution in [-0.2, 0) is 0 Å². The summed E-state index contributed by atoms with van der Waals surface area (Å²) in [5.41, 5.74) is 4.11. The molecule has 0 bridgehead atoms. The lowest BCUT2D eigenvalue weighted by molar-refractivity contribution is 0.206. The summed E-state index contributed by atoms with van der Waals surface area (Å²) in [6.45, 7) is 18.7. The van der Waals surface area contributed by atoms with Crippen molar-refractivity contribution in [2.24, 2.45) is 0 Å². The Balaban J connectivity index is 4.32. The number of hydrogen-bond acceptors (Lipinski definition) is 1. The van der Waals surface area contributed by atoms with Crippen LogP contribution in [0.25, 0.3) is 0 Å². The van der Waals surface area contributed by atoms with E-state index in [1.54, 1.807) is 6.08 Å². The van der Waals surface area contributed by atoms with Gasteiger partial charge < -0.3 is 5.11 Å². The molecule has 0 aromatic heterocycles. The summed E-state index contributed by atoms with van der Waals surface area (Å²) >= 11 is 0. The Morgan fingerprint density at radius 2 is 1.94 bits per heavy atom. The highest BCUT2D eigenvalue weighted by Gasteiger charge is 2.33. The summed E-state index contributed by atoms with van der Waals surface area (Å²) in [6, 6.07) is 0. The second kappa shape index (κ2) is 6.23. The minimum Gasteiger partial charge on any atom is -0.388 e. The van der Waals surface area contributed by atoms with Crippen molar-refractivity contribution in [1.82, 2.24) is 0 Å². The van der Waals surface area contributed by atoms with Crippen molar-refractivity contribution in [2.45, 2.75) is 57.8 Å². The molecule has 17 heavy (non-hydrogen) atoms. The van der Waals surface area contributed by atoms with Crippen LogP contribution in [0.15, 0.2) is 24.8 Å². The smallest absolute Gasteiger partial charge is 0.137 e. The van der Waals surface area contributed by atoms with Gasteiger partial charge in [-0.3, -0.25) is 0 Å². The van der Waals surface area contributed by atoms with Gasteiger partial charge in [-0.15, -0.1) is 11.5 Å².